The van der Waals surface area contributed by atoms with E-state index in [1.54, 1.807) is 12.1 Å². The smallest absolute Gasteiger partial charge is 0.244 e. The minimum absolute atomic E-state index is 0.215. The molecule has 1 N–H and O–H groups in total. The Balaban J connectivity index is 2.15. The second kappa shape index (κ2) is 7.77. The van der Waals surface area contributed by atoms with E-state index < -0.39 is 10.0 Å². The molecule has 130 valence electrons. The summed E-state index contributed by atoms with van der Waals surface area (Å²) in [6.45, 7) is 8.84. The second-order valence-corrected chi connectivity index (χ2v) is 7.81. The van der Waals surface area contributed by atoms with Gasteiger partial charge in [0.2, 0.25) is 10.0 Å². The van der Waals surface area contributed by atoms with Gasteiger partial charge in [-0.2, -0.15) is 4.31 Å². The summed E-state index contributed by atoms with van der Waals surface area (Å²) < 4.78 is 26.3. The first-order valence-electron chi connectivity index (χ1n) is 8.21. The van der Waals surface area contributed by atoms with E-state index in [9.17, 15) is 8.42 Å². The van der Waals surface area contributed by atoms with Crippen molar-refractivity contribution in [3.05, 3.63) is 48.2 Å². The van der Waals surface area contributed by atoms with E-state index in [-0.39, 0.29) is 4.90 Å². The molecule has 0 amide bonds. The number of pyridine rings is 1. The predicted octanol–water partition coefficient (Wildman–Crippen LogP) is 3.98. The van der Waals surface area contributed by atoms with Crippen molar-refractivity contribution in [2.45, 2.75) is 38.5 Å². The normalized spacial score (nSPS) is 11.9. The first kappa shape index (κ1) is 18.4. The molecule has 0 fully saturated rings. The van der Waals surface area contributed by atoms with Gasteiger partial charge in [-0.3, -0.25) is 0 Å². The zero-order valence-corrected chi connectivity index (χ0v) is 15.5. The molecule has 24 heavy (non-hydrogen) atoms. The van der Waals surface area contributed by atoms with Crippen molar-refractivity contribution in [3.8, 4) is 0 Å². The Labute approximate surface area is 144 Å². The Hall–Kier alpha value is -1.92. The lowest BCUT2D eigenvalue weighted by Gasteiger charge is -2.18. The van der Waals surface area contributed by atoms with Crippen molar-refractivity contribution in [2.75, 3.05) is 18.4 Å². The van der Waals surface area contributed by atoms with Crippen molar-refractivity contribution < 1.29 is 8.42 Å². The van der Waals surface area contributed by atoms with E-state index in [2.05, 4.69) is 36.3 Å². The highest BCUT2D eigenvalue weighted by atomic mass is 32.2. The highest BCUT2D eigenvalue weighted by Gasteiger charge is 2.21. The quantitative estimate of drug-likeness (QED) is 0.823. The minimum atomic E-state index is -3.46. The first-order valence-corrected chi connectivity index (χ1v) is 9.65. The van der Waals surface area contributed by atoms with Gasteiger partial charge in [-0.05, 0) is 35.7 Å². The Bertz CT molecular complexity index is 750. The number of anilines is 2. The minimum Gasteiger partial charge on any atom is -0.340 e. The van der Waals surface area contributed by atoms with Crippen LogP contribution in [0.4, 0.5) is 11.5 Å². The Morgan fingerprint density at radius 3 is 2.12 bits per heavy atom. The fraction of sp³-hybridized carbons (Fsp3) is 0.389. The molecule has 0 aliphatic carbocycles. The molecule has 0 atom stereocenters. The SMILES string of the molecule is CCN(CC)S(=O)(=O)c1ccc(Nc2ccc(C(C)C)cc2)nc1. The molecule has 0 aliphatic rings. The van der Waals surface area contributed by atoms with Crippen molar-refractivity contribution in [1.82, 2.24) is 9.29 Å². The van der Waals surface area contributed by atoms with Gasteiger partial charge in [-0.15, -0.1) is 0 Å². The lowest BCUT2D eigenvalue weighted by Crippen LogP contribution is -2.30. The Morgan fingerprint density at radius 1 is 1.04 bits per heavy atom. The van der Waals surface area contributed by atoms with Gasteiger partial charge in [0.05, 0.1) is 0 Å². The van der Waals surface area contributed by atoms with Crippen LogP contribution in [0.2, 0.25) is 0 Å². The summed E-state index contributed by atoms with van der Waals surface area (Å²) in [6.07, 6.45) is 1.40. The third-order valence-corrected chi connectivity index (χ3v) is 5.96. The van der Waals surface area contributed by atoms with Crippen LogP contribution in [0, 0.1) is 0 Å². The molecule has 1 aromatic heterocycles. The van der Waals surface area contributed by atoms with Crippen molar-refractivity contribution >= 4 is 21.5 Å². The second-order valence-electron chi connectivity index (χ2n) is 5.87. The van der Waals surface area contributed by atoms with Crippen LogP contribution in [0.1, 0.15) is 39.2 Å². The molecule has 2 aromatic rings. The van der Waals surface area contributed by atoms with Crippen LogP contribution < -0.4 is 5.32 Å². The molecule has 0 saturated carbocycles. The summed E-state index contributed by atoms with van der Waals surface area (Å²) in [5.41, 5.74) is 2.19. The van der Waals surface area contributed by atoms with Gasteiger partial charge >= 0.3 is 0 Å². The highest BCUT2D eigenvalue weighted by molar-refractivity contribution is 7.89. The maximum Gasteiger partial charge on any atom is 0.244 e. The molecule has 0 saturated heterocycles. The summed E-state index contributed by atoms with van der Waals surface area (Å²) in [6, 6.07) is 11.4. The van der Waals surface area contributed by atoms with Gasteiger partial charge in [0.1, 0.15) is 10.7 Å². The molecule has 0 bridgehead atoms. The van der Waals surface area contributed by atoms with Crippen LogP contribution in [-0.4, -0.2) is 30.8 Å². The lowest BCUT2D eigenvalue weighted by molar-refractivity contribution is 0.445. The average Bonchev–Trinajstić information content (AvgIpc) is 2.56. The number of hydrogen-bond donors (Lipinski definition) is 1. The first-order chi connectivity index (χ1) is 11.4. The van der Waals surface area contributed by atoms with E-state index in [0.717, 1.165) is 5.69 Å². The highest BCUT2D eigenvalue weighted by Crippen LogP contribution is 2.21. The maximum absolute atomic E-state index is 12.4. The van der Waals surface area contributed by atoms with Gasteiger partial charge in [0.25, 0.3) is 0 Å². The van der Waals surface area contributed by atoms with Crippen LogP contribution in [-0.2, 0) is 10.0 Å². The Morgan fingerprint density at radius 2 is 1.67 bits per heavy atom. The summed E-state index contributed by atoms with van der Waals surface area (Å²) >= 11 is 0. The van der Waals surface area contributed by atoms with Crippen molar-refractivity contribution in [2.24, 2.45) is 0 Å². The van der Waals surface area contributed by atoms with Crippen molar-refractivity contribution in [1.29, 1.82) is 0 Å². The number of benzene rings is 1. The van der Waals surface area contributed by atoms with Gasteiger partial charge in [-0.1, -0.05) is 39.8 Å². The zero-order chi connectivity index (χ0) is 17.7. The summed E-state index contributed by atoms with van der Waals surface area (Å²) in [4.78, 5) is 4.45. The fourth-order valence-corrected chi connectivity index (χ4v) is 3.82. The molecule has 0 unspecified atom stereocenters. The van der Waals surface area contributed by atoms with Crippen molar-refractivity contribution in [3.63, 3.8) is 0 Å². The van der Waals surface area contributed by atoms with Crippen LogP contribution >= 0.6 is 0 Å². The molecule has 1 aromatic carbocycles. The van der Waals surface area contributed by atoms with Gasteiger partial charge in [-0.25, -0.2) is 13.4 Å². The van der Waals surface area contributed by atoms with E-state index in [1.165, 1.54) is 16.1 Å². The number of hydrogen-bond acceptors (Lipinski definition) is 4. The van der Waals surface area contributed by atoms with E-state index >= 15 is 0 Å². The van der Waals surface area contributed by atoms with Crippen LogP contribution in [0.5, 0.6) is 0 Å². The van der Waals surface area contributed by atoms with E-state index in [4.69, 9.17) is 0 Å². The molecule has 0 aliphatic heterocycles. The van der Waals surface area contributed by atoms with E-state index in [0.29, 0.717) is 24.8 Å². The fourth-order valence-electron chi connectivity index (χ4n) is 2.42. The monoisotopic (exact) mass is 347 g/mol. The molecule has 2 rings (SSSR count). The van der Waals surface area contributed by atoms with E-state index in [1.807, 2.05) is 26.0 Å². The van der Waals surface area contributed by atoms with Gasteiger partial charge in [0.15, 0.2) is 0 Å². The van der Waals surface area contributed by atoms with Crippen LogP contribution in [0.3, 0.4) is 0 Å². The third kappa shape index (κ3) is 4.13. The predicted molar refractivity (Wildman–Crippen MR) is 98.2 cm³/mol. The third-order valence-electron chi connectivity index (χ3n) is 3.93. The van der Waals surface area contributed by atoms with Crippen LogP contribution in [0.25, 0.3) is 0 Å². The topological polar surface area (TPSA) is 62.3 Å². The zero-order valence-electron chi connectivity index (χ0n) is 14.7. The molecule has 0 spiro atoms. The summed E-state index contributed by atoms with van der Waals surface area (Å²) in [7, 11) is -3.46. The number of sulfonamides is 1. The standard InChI is InChI=1S/C18H25N3O2S/c1-5-21(6-2)24(22,23)17-11-12-18(19-13-17)20-16-9-7-15(8-10-16)14(3)4/h7-14H,5-6H2,1-4H3,(H,19,20). The average molecular weight is 347 g/mol. The van der Waals surface area contributed by atoms with Gasteiger partial charge in [0, 0.05) is 25.0 Å². The largest absolute Gasteiger partial charge is 0.340 e. The molecule has 5 nitrogen and oxygen atoms in total. The number of nitrogens with zero attached hydrogens (tertiary/aromatic N) is 2. The van der Waals surface area contributed by atoms with Gasteiger partial charge < -0.3 is 5.32 Å². The summed E-state index contributed by atoms with van der Waals surface area (Å²) in [5.74, 6) is 1.10. The number of aromatic nitrogens is 1. The summed E-state index contributed by atoms with van der Waals surface area (Å²) in [5, 5.41) is 3.19. The number of nitrogens with one attached hydrogen (secondary N) is 1. The molecule has 6 heteroatoms. The lowest BCUT2D eigenvalue weighted by atomic mass is 10.0. The Kier molecular flexibility index (Phi) is 5.96. The molecule has 1 heterocycles. The maximum atomic E-state index is 12.4. The molecular weight excluding hydrogens is 322 g/mol. The molecular formula is C18H25N3O2S. The molecule has 0 radical (unpaired) electrons. The number of rotatable bonds is 7. The van der Waals surface area contributed by atoms with Crippen LogP contribution in [0.15, 0.2) is 47.5 Å².